The zero-order valence-corrected chi connectivity index (χ0v) is 11.5. The van der Waals surface area contributed by atoms with Gasteiger partial charge >= 0.3 is 0 Å². The van der Waals surface area contributed by atoms with Gasteiger partial charge in [-0.25, -0.2) is 0 Å². The van der Waals surface area contributed by atoms with Crippen LogP contribution in [0.15, 0.2) is 54.7 Å². The van der Waals surface area contributed by atoms with Crippen LogP contribution in [0.5, 0.6) is 11.6 Å². The van der Waals surface area contributed by atoms with Crippen LogP contribution in [0, 0.1) is 3.57 Å². The second-order valence-electron chi connectivity index (χ2n) is 3.77. The molecule has 0 aliphatic carbocycles. The zero-order valence-electron chi connectivity index (χ0n) is 9.38. The van der Waals surface area contributed by atoms with E-state index in [4.69, 9.17) is 4.74 Å². The first-order valence-corrected chi connectivity index (χ1v) is 6.55. The summed E-state index contributed by atoms with van der Waals surface area (Å²) < 4.78 is 6.89. The monoisotopic (exact) mass is 348 g/mol. The first kappa shape index (κ1) is 11.4. The molecule has 4 heteroatoms. The van der Waals surface area contributed by atoms with Crippen molar-refractivity contribution >= 4 is 33.4 Å². The second-order valence-corrected chi connectivity index (χ2v) is 4.93. The summed E-state index contributed by atoms with van der Waals surface area (Å²) in [5, 5.41) is 10.0. The predicted molar refractivity (Wildman–Crippen MR) is 78.8 cm³/mol. The van der Waals surface area contributed by atoms with Gasteiger partial charge in [-0.1, -0.05) is 30.3 Å². The Labute approximate surface area is 118 Å². The molecule has 0 saturated carbocycles. The predicted octanol–water partition coefficient (Wildman–Crippen LogP) is 4.03. The summed E-state index contributed by atoms with van der Waals surface area (Å²) >= 11 is 2.24. The molecule has 0 fully saturated rings. The molecule has 0 amide bonds. The molecule has 0 unspecified atom stereocenters. The van der Waals surface area contributed by atoms with Crippen molar-refractivity contribution in [3.63, 3.8) is 0 Å². The Morgan fingerprint density at radius 3 is 2.61 bits per heavy atom. The van der Waals surface area contributed by atoms with E-state index in [-0.39, 0.29) is 0 Å². The van der Waals surface area contributed by atoms with E-state index < -0.39 is 0 Å². The number of ether oxygens (including phenoxy) is 1. The molecule has 0 spiro atoms. The molecule has 18 heavy (non-hydrogen) atoms. The molecule has 3 rings (SSSR count). The van der Waals surface area contributed by atoms with Crippen LogP contribution in [-0.4, -0.2) is 10.2 Å². The van der Waals surface area contributed by atoms with Crippen LogP contribution in [0.4, 0.5) is 0 Å². The van der Waals surface area contributed by atoms with Crippen LogP contribution in [0.25, 0.3) is 10.8 Å². The average Bonchev–Trinajstić information content (AvgIpc) is 2.42. The third-order valence-corrected chi connectivity index (χ3v) is 3.47. The summed E-state index contributed by atoms with van der Waals surface area (Å²) in [5.41, 5.74) is 0. The highest BCUT2D eigenvalue weighted by molar-refractivity contribution is 14.1. The maximum Gasteiger partial charge on any atom is 0.246 e. The number of hydrogen-bond acceptors (Lipinski definition) is 3. The number of para-hydroxylation sites is 1. The van der Waals surface area contributed by atoms with Gasteiger partial charge in [0, 0.05) is 10.8 Å². The van der Waals surface area contributed by atoms with Crippen LogP contribution >= 0.6 is 22.6 Å². The van der Waals surface area contributed by atoms with Crippen LogP contribution in [0.3, 0.4) is 0 Å². The maximum absolute atomic E-state index is 5.84. The lowest BCUT2D eigenvalue weighted by Gasteiger charge is -2.08. The topological polar surface area (TPSA) is 35.0 Å². The number of rotatable bonds is 2. The largest absolute Gasteiger partial charge is 0.436 e. The highest BCUT2D eigenvalue weighted by Crippen LogP contribution is 2.29. The minimum Gasteiger partial charge on any atom is -0.436 e. The van der Waals surface area contributed by atoms with E-state index in [9.17, 15) is 0 Å². The zero-order chi connectivity index (χ0) is 12.4. The summed E-state index contributed by atoms with van der Waals surface area (Å²) in [5.74, 6) is 1.33. The normalized spacial score (nSPS) is 10.5. The van der Waals surface area contributed by atoms with Crippen molar-refractivity contribution < 1.29 is 4.74 Å². The lowest BCUT2D eigenvalue weighted by atomic mass is 10.2. The van der Waals surface area contributed by atoms with Gasteiger partial charge in [-0.2, -0.15) is 5.10 Å². The van der Waals surface area contributed by atoms with Crippen molar-refractivity contribution in [1.82, 2.24) is 10.2 Å². The van der Waals surface area contributed by atoms with Gasteiger partial charge in [0.2, 0.25) is 5.88 Å². The van der Waals surface area contributed by atoms with Gasteiger partial charge in [-0.05, 0) is 40.8 Å². The second kappa shape index (κ2) is 4.89. The summed E-state index contributed by atoms with van der Waals surface area (Å²) in [6.07, 6.45) is 1.73. The highest BCUT2D eigenvalue weighted by atomic mass is 127. The summed E-state index contributed by atoms with van der Waals surface area (Å²) in [7, 11) is 0. The van der Waals surface area contributed by atoms with E-state index in [0.29, 0.717) is 5.88 Å². The maximum atomic E-state index is 5.84. The molecule has 0 bridgehead atoms. The molecule has 0 N–H and O–H groups in total. The third-order valence-electron chi connectivity index (χ3n) is 2.58. The Kier molecular flexibility index (Phi) is 3.10. The third kappa shape index (κ3) is 2.15. The number of aromatic nitrogens is 2. The molecule has 0 aliphatic heterocycles. The average molecular weight is 348 g/mol. The van der Waals surface area contributed by atoms with Gasteiger partial charge in [0.05, 0.1) is 9.77 Å². The summed E-state index contributed by atoms with van der Waals surface area (Å²) in [6, 6.07) is 15.7. The van der Waals surface area contributed by atoms with E-state index in [1.54, 1.807) is 6.20 Å². The van der Waals surface area contributed by atoms with E-state index in [2.05, 4.69) is 32.8 Å². The van der Waals surface area contributed by atoms with Crippen molar-refractivity contribution in [2.75, 3.05) is 0 Å². The van der Waals surface area contributed by atoms with Crippen LogP contribution < -0.4 is 4.74 Å². The number of halogens is 1. The molecule has 0 radical (unpaired) electrons. The Bertz CT molecular complexity index is 695. The first-order valence-electron chi connectivity index (χ1n) is 5.47. The van der Waals surface area contributed by atoms with Crippen molar-refractivity contribution in [2.45, 2.75) is 0 Å². The standard InChI is InChI=1S/C14H9IN2O/c15-12-7-3-4-8-13(12)18-14-11-6-2-1-5-10(11)9-16-17-14/h1-9H. The molecule has 0 atom stereocenters. The summed E-state index contributed by atoms with van der Waals surface area (Å²) in [4.78, 5) is 0. The smallest absolute Gasteiger partial charge is 0.246 e. The molecule has 0 aliphatic rings. The molecule has 3 aromatic rings. The molecule has 0 saturated heterocycles. The Hall–Kier alpha value is -1.69. The van der Waals surface area contributed by atoms with Crippen LogP contribution in [0.2, 0.25) is 0 Å². The van der Waals surface area contributed by atoms with Gasteiger partial charge in [-0.3, -0.25) is 0 Å². The first-order chi connectivity index (χ1) is 8.84. The molecule has 88 valence electrons. The van der Waals surface area contributed by atoms with Gasteiger partial charge in [0.25, 0.3) is 0 Å². The molecule has 2 aromatic carbocycles. The van der Waals surface area contributed by atoms with E-state index in [1.165, 1.54) is 0 Å². The molecule has 1 aromatic heterocycles. The lowest BCUT2D eigenvalue weighted by Crippen LogP contribution is -1.93. The van der Waals surface area contributed by atoms with Gasteiger partial charge in [-0.15, -0.1) is 5.10 Å². The molecular weight excluding hydrogens is 339 g/mol. The fraction of sp³-hybridized carbons (Fsp3) is 0. The van der Waals surface area contributed by atoms with Crippen molar-refractivity contribution in [1.29, 1.82) is 0 Å². The Balaban J connectivity index is 2.08. The number of hydrogen-bond donors (Lipinski definition) is 0. The van der Waals surface area contributed by atoms with Crippen molar-refractivity contribution in [2.24, 2.45) is 0 Å². The van der Waals surface area contributed by atoms with Gasteiger partial charge in [0.15, 0.2) is 0 Å². The number of nitrogens with zero attached hydrogens (tertiary/aromatic N) is 2. The summed E-state index contributed by atoms with van der Waals surface area (Å²) in [6.45, 7) is 0. The quantitative estimate of drug-likeness (QED) is 0.656. The SMILES string of the molecule is Ic1ccccc1Oc1nncc2ccccc12. The Morgan fingerprint density at radius 1 is 0.944 bits per heavy atom. The minimum absolute atomic E-state index is 0.539. The fourth-order valence-electron chi connectivity index (χ4n) is 1.71. The molecule has 3 nitrogen and oxygen atoms in total. The molecule has 1 heterocycles. The molecular formula is C14H9IN2O. The van der Waals surface area contributed by atoms with Crippen LogP contribution in [-0.2, 0) is 0 Å². The van der Waals surface area contributed by atoms with Crippen LogP contribution in [0.1, 0.15) is 0 Å². The van der Waals surface area contributed by atoms with Gasteiger partial charge in [0.1, 0.15) is 5.75 Å². The highest BCUT2D eigenvalue weighted by Gasteiger charge is 2.07. The fourth-order valence-corrected chi connectivity index (χ4v) is 2.21. The van der Waals surface area contributed by atoms with Crippen molar-refractivity contribution in [3.05, 3.63) is 58.3 Å². The number of fused-ring (bicyclic) bond motifs is 1. The van der Waals surface area contributed by atoms with Gasteiger partial charge < -0.3 is 4.74 Å². The lowest BCUT2D eigenvalue weighted by molar-refractivity contribution is 0.459. The Morgan fingerprint density at radius 2 is 1.72 bits per heavy atom. The number of benzene rings is 2. The van der Waals surface area contributed by atoms with Crippen molar-refractivity contribution in [3.8, 4) is 11.6 Å². The minimum atomic E-state index is 0.539. The van der Waals surface area contributed by atoms with E-state index >= 15 is 0 Å². The van der Waals surface area contributed by atoms with E-state index in [0.717, 1.165) is 20.1 Å². The van der Waals surface area contributed by atoms with E-state index in [1.807, 2.05) is 48.5 Å².